The third-order valence-electron chi connectivity index (χ3n) is 1.65. The molecule has 10 heteroatoms. The summed E-state index contributed by atoms with van der Waals surface area (Å²) >= 11 is 0. The van der Waals surface area contributed by atoms with Crippen molar-refractivity contribution in [3.05, 3.63) is 29.8 Å². The minimum Gasteiger partial charge on any atom is -1.00 e. The van der Waals surface area contributed by atoms with Gasteiger partial charge < -0.3 is 16.5 Å². The summed E-state index contributed by atoms with van der Waals surface area (Å²) in [6.45, 7) is 0. The Kier molecular flexibility index (Phi) is 7.06. The van der Waals surface area contributed by atoms with E-state index < -0.39 is 23.3 Å². The number of rotatable bonds is 0. The Hall–Kier alpha value is 0.221. The van der Waals surface area contributed by atoms with E-state index in [0.29, 0.717) is 0 Å². The van der Waals surface area contributed by atoms with Gasteiger partial charge in [-0.3, -0.25) is 4.79 Å². The molecule has 1 aromatic carbocycles. The van der Waals surface area contributed by atoms with Crippen molar-refractivity contribution in [2.45, 2.75) is 4.90 Å². The van der Waals surface area contributed by atoms with E-state index in [0.717, 1.165) is 0 Å². The van der Waals surface area contributed by atoms with Gasteiger partial charge in [-0.1, -0.05) is 12.1 Å². The summed E-state index contributed by atoms with van der Waals surface area (Å²) in [5.74, 6) is -0.550. The average molecular weight is 285 g/mol. The van der Waals surface area contributed by atoms with Crippen molar-refractivity contribution in [3.8, 4) is 0 Å². The van der Waals surface area contributed by atoms with Crippen LogP contribution in [0.5, 0.6) is 0 Å². The van der Waals surface area contributed by atoms with Gasteiger partial charge in [0.2, 0.25) is 0 Å². The molecule has 0 aliphatic carbocycles. The molecule has 88 valence electrons. The number of hydrogen-bond acceptors (Lipinski definition) is 6. The first-order valence-electron chi connectivity index (χ1n) is 4.05. The average Bonchev–Trinajstić information content (AvgIpc) is 2.38. The van der Waals surface area contributed by atoms with Gasteiger partial charge in [0.1, 0.15) is 4.90 Å². The van der Waals surface area contributed by atoms with Gasteiger partial charge >= 0.3 is 58.7 Å². The summed E-state index contributed by atoms with van der Waals surface area (Å²) in [5, 5.41) is 21.5. The van der Waals surface area contributed by atoms with Crippen molar-refractivity contribution in [2.75, 3.05) is 0 Å². The van der Waals surface area contributed by atoms with E-state index in [1.165, 1.54) is 12.1 Å². The summed E-state index contributed by atoms with van der Waals surface area (Å²) in [6.07, 6.45) is 0. The van der Waals surface area contributed by atoms with E-state index in [4.69, 9.17) is 15.1 Å². The number of carbonyl (C=O) groups excluding carboxylic acids is 1. The predicted molar refractivity (Wildman–Crippen MR) is 54.6 cm³/mol. The second-order valence-electron chi connectivity index (χ2n) is 2.78. The normalized spacial score (nSPS) is 14.6. The second kappa shape index (κ2) is 6.97. The molecule has 0 saturated heterocycles. The van der Waals surface area contributed by atoms with Crippen LogP contribution in [0.2, 0.25) is 0 Å². The maximum absolute atomic E-state index is 11.1. The van der Waals surface area contributed by atoms with Gasteiger partial charge in [-0.25, -0.2) is 13.1 Å². The molecule has 1 aliphatic rings. The third-order valence-corrected chi connectivity index (χ3v) is 3.04. The van der Waals surface area contributed by atoms with E-state index in [1.54, 1.807) is 12.1 Å². The van der Waals surface area contributed by atoms with Crippen LogP contribution >= 0.6 is 0 Å². The number of carbonyl (C=O) groups is 1. The zero-order valence-corrected chi connectivity index (χ0v) is 12.8. The zero-order chi connectivity index (χ0) is 12.3. The number of amides is 1. The van der Waals surface area contributed by atoms with Crippen LogP contribution in [0.1, 0.15) is 11.8 Å². The number of nitrogens with one attached hydrogen (secondary N) is 1. The van der Waals surface area contributed by atoms with Crippen molar-refractivity contribution in [1.82, 2.24) is 4.72 Å². The van der Waals surface area contributed by atoms with E-state index >= 15 is 0 Å². The fraction of sp³-hybridized carbons (Fsp3) is 0. The molecule has 1 heterocycles. The van der Waals surface area contributed by atoms with Gasteiger partial charge in [0.05, 0.1) is 5.56 Å². The first-order chi connectivity index (χ1) is 7.34. The molecule has 7 nitrogen and oxygen atoms in total. The molecule has 0 bridgehead atoms. The number of sulfonamides is 1. The molecule has 0 aromatic heterocycles. The standard InChI is InChI=1S/C7H5NO3S.BH3O3.K.H/c9-7-5-3-1-2-4-6(5)12(10,11)8-7;2-1(3)4;;/h1-4H,(H,8,9);2-4H;;/q;;+1;-1. The van der Waals surface area contributed by atoms with Crippen LogP contribution in [0.3, 0.4) is 0 Å². The van der Waals surface area contributed by atoms with Crippen molar-refractivity contribution in [1.29, 1.82) is 0 Å². The minimum atomic E-state index is -3.55. The van der Waals surface area contributed by atoms with Crippen LogP contribution in [-0.4, -0.2) is 36.7 Å². The zero-order valence-electron chi connectivity index (χ0n) is 9.86. The minimum absolute atomic E-state index is 0. The molecule has 0 spiro atoms. The first-order valence-corrected chi connectivity index (χ1v) is 5.53. The largest absolute Gasteiger partial charge is 1.00 e. The molecular weight excluding hydrogens is 276 g/mol. The Labute approximate surface area is 142 Å². The Morgan fingerprint density at radius 3 is 2.12 bits per heavy atom. The Balaban J connectivity index is 0. The van der Waals surface area contributed by atoms with Gasteiger partial charge in [-0.05, 0) is 12.1 Å². The summed E-state index contributed by atoms with van der Waals surface area (Å²) in [5.41, 5.74) is 0.220. The number of hydrogen-bond donors (Lipinski definition) is 4. The van der Waals surface area contributed by atoms with Gasteiger partial charge in [0.15, 0.2) is 0 Å². The fourth-order valence-electron chi connectivity index (χ4n) is 1.12. The topological polar surface area (TPSA) is 124 Å². The van der Waals surface area contributed by atoms with E-state index in [2.05, 4.69) is 0 Å². The van der Waals surface area contributed by atoms with Crippen LogP contribution in [0, 0.1) is 0 Å². The fourth-order valence-corrected chi connectivity index (χ4v) is 2.29. The van der Waals surface area contributed by atoms with E-state index in [9.17, 15) is 13.2 Å². The SMILES string of the molecule is O=C1NS(=O)(=O)c2ccccc21.OB(O)O.[H-].[K+]. The second-order valence-corrected chi connectivity index (χ2v) is 4.43. The molecule has 1 aromatic rings. The monoisotopic (exact) mass is 285 g/mol. The van der Waals surface area contributed by atoms with Gasteiger partial charge in [-0.15, -0.1) is 0 Å². The molecule has 0 atom stereocenters. The van der Waals surface area contributed by atoms with Gasteiger partial charge in [0.25, 0.3) is 15.9 Å². The molecule has 17 heavy (non-hydrogen) atoms. The summed E-state index contributed by atoms with van der Waals surface area (Å²) < 4.78 is 24.2. The molecule has 0 fully saturated rings. The first kappa shape index (κ1) is 17.2. The quantitative estimate of drug-likeness (QED) is 0.355. The Bertz CT molecular complexity index is 508. The number of fused-ring (bicyclic) bond motifs is 1. The maximum atomic E-state index is 11.1. The molecular formula is C7H9BKNO6S. The maximum Gasteiger partial charge on any atom is 1.00 e. The Morgan fingerprint density at radius 1 is 1.18 bits per heavy atom. The molecule has 4 N–H and O–H groups in total. The van der Waals surface area contributed by atoms with Crippen LogP contribution in [0.25, 0.3) is 0 Å². The summed E-state index contributed by atoms with van der Waals surface area (Å²) in [4.78, 5) is 11.1. The van der Waals surface area contributed by atoms with Crippen molar-refractivity contribution >= 4 is 23.3 Å². The van der Waals surface area contributed by atoms with Crippen LogP contribution in [0.15, 0.2) is 29.2 Å². The van der Waals surface area contributed by atoms with Crippen molar-refractivity contribution in [2.24, 2.45) is 0 Å². The summed E-state index contributed by atoms with van der Waals surface area (Å²) in [6, 6.07) is 6.09. The van der Waals surface area contributed by atoms with Gasteiger partial charge in [-0.2, -0.15) is 0 Å². The molecule has 2 rings (SSSR count). The molecule has 1 amide bonds. The number of benzene rings is 1. The molecule has 0 radical (unpaired) electrons. The van der Waals surface area contributed by atoms with Crippen LogP contribution in [-0.2, 0) is 10.0 Å². The predicted octanol–water partition coefficient (Wildman–Crippen LogP) is -4.82. The molecule has 1 aliphatic heterocycles. The van der Waals surface area contributed by atoms with E-state index in [1.807, 2.05) is 4.72 Å². The van der Waals surface area contributed by atoms with Crippen molar-refractivity contribution < 1.29 is 81.1 Å². The van der Waals surface area contributed by atoms with Crippen LogP contribution < -0.4 is 56.1 Å². The van der Waals surface area contributed by atoms with E-state index in [-0.39, 0.29) is 63.3 Å². The van der Waals surface area contributed by atoms with Crippen LogP contribution in [0.4, 0.5) is 0 Å². The molecule has 0 unspecified atom stereocenters. The smallest absolute Gasteiger partial charge is 1.00 e. The Morgan fingerprint density at radius 2 is 1.65 bits per heavy atom. The summed E-state index contributed by atoms with van der Waals surface area (Å²) in [7, 11) is -5.72. The molecule has 0 saturated carbocycles. The third kappa shape index (κ3) is 4.77. The van der Waals surface area contributed by atoms with Gasteiger partial charge in [0, 0.05) is 0 Å². The van der Waals surface area contributed by atoms with Crippen molar-refractivity contribution in [3.63, 3.8) is 0 Å².